The fourth-order valence-electron chi connectivity index (χ4n) is 3.11. The predicted octanol–water partition coefficient (Wildman–Crippen LogP) is 3.97. The summed E-state index contributed by atoms with van der Waals surface area (Å²) in [4.78, 5) is 29.0. The first-order valence-corrected chi connectivity index (χ1v) is 9.90. The van der Waals surface area contributed by atoms with E-state index in [1.165, 1.54) is 23.1 Å². The first-order valence-electron chi connectivity index (χ1n) is 9.09. The summed E-state index contributed by atoms with van der Waals surface area (Å²) < 4.78 is 6.96. The molecule has 0 fully saturated rings. The van der Waals surface area contributed by atoms with Crippen molar-refractivity contribution in [3.63, 3.8) is 0 Å². The molecule has 0 amide bonds. The molecule has 0 spiro atoms. The number of benzene rings is 2. The molecule has 0 aliphatic carbocycles. The van der Waals surface area contributed by atoms with Crippen LogP contribution in [0.1, 0.15) is 26.5 Å². The van der Waals surface area contributed by atoms with Gasteiger partial charge in [0, 0.05) is 5.56 Å². The Hall–Kier alpha value is -3.32. The molecule has 0 radical (unpaired) electrons. The molecule has 0 N–H and O–H groups in total. The second-order valence-corrected chi connectivity index (χ2v) is 7.98. The van der Waals surface area contributed by atoms with Crippen molar-refractivity contribution in [2.45, 2.75) is 20.4 Å². The van der Waals surface area contributed by atoms with Crippen LogP contribution in [0.15, 0.2) is 53.3 Å². The van der Waals surface area contributed by atoms with Gasteiger partial charge in [-0.3, -0.25) is 4.79 Å². The van der Waals surface area contributed by atoms with Crippen LogP contribution in [0.4, 0.5) is 0 Å². The lowest BCUT2D eigenvalue weighted by atomic mass is 10.1. The van der Waals surface area contributed by atoms with Gasteiger partial charge in [0.2, 0.25) is 0 Å². The number of ether oxygens (including phenoxy) is 1. The lowest BCUT2D eigenvalue weighted by Gasteiger charge is -2.09. The zero-order valence-electron chi connectivity index (χ0n) is 16.3. The zero-order valence-corrected chi connectivity index (χ0v) is 17.1. The average Bonchev–Trinajstić information content (AvgIpc) is 3.13. The molecule has 2 aromatic heterocycles. The van der Waals surface area contributed by atoms with Crippen LogP contribution in [0.3, 0.4) is 0 Å². The van der Waals surface area contributed by atoms with Gasteiger partial charge in [-0.25, -0.2) is 14.5 Å². The van der Waals surface area contributed by atoms with E-state index in [1.54, 1.807) is 24.3 Å². The molecule has 29 heavy (non-hydrogen) atoms. The molecule has 0 saturated carbocycles. The number of nitrogens with zero attached hydrogens (tertiary/aromatic N) is 3. The van der Waals surface area contributed by atoms with E-state index in [4.69, 9.17) is 4.74 Å². The average molecular weight is 405 g/mol. The maximum atomic E-state index is 13.0. The summed E-state index contributed by atoms with van der Waals surface area (Å²) in [5.74, 6) is -0.395. The second kappa shape index (κ2) is 7.60. The Bertz CT molecular complexity index is 1260. The van der Waals surface area contributed by atoms with Crippen molar-refractivity contribution in [3.05, 3.63) is 80.6 Å². The normalized spacial score (nSPS) is 11.0. The summed E-state index contributed by atoms with van der Waals surface area (Å²) in [7, 11) is 1.34. The van der Waals surface area contributed by atoms with Crippen molar-refractivity contribution < 1.29 is 9.53 Å². The van der Waals surface area contributed by atoms with E-state index in [1.807, 2.05) is 38.1 Å². The van der Waals surface area contributed by atoms with E-state index in [0.29, 0.717) is 11.1 Å². The minimum atomic E-state index is -0.395. The molecule has 7 heteroatoms. The van der Waals surface area contributed by atoms with Crippen molar-refractivity contribution in [1.29, 1.82) is 0 Å². The molecule has 4 aromatic rings. The van der Waals surface area contributed by atoms with Gasteiger partial charge < -0.3 is 4.74 Å². The van der Waals surface area contributed by atoms with Crippen LogP contribution in [0.2, 0.25) is 0 Å². The van der Waals surface area contributed by atoms with Crippen LogP contribution in [-0.4, -0.2) is 27.8 Å². The minimum Gasteiger partial charge on any atom is -0.465 e. The Morgan fingerprint density at radius 3 is 2.41 bits per heavy atom. The van der Waals surface area contributed by atoms with Crippen molar-refractivity contribution in [2.24, 2.45) is 0 Å². The number of hydrogen-bond donors (Lipinski definition) is 0. The van der Waals surface area contributed by atoms with Crippen LogP contribution >= 0.6 is 11.3 Å². The van der Waals surface area contributed by atoms with Crippen molar-refractivity contribution in [2.75, 3.05) is 7.11 Å². The van der Waals surface area contributed by atoms with E-state index in [9.17, 15) is 9.59 Å². The van der Waals surface area contributed by atoms with E-state index in [0.717, 1.165) is 32.1 Å². The van der Waals surface area contributed by atoms with E-state index < -0.39 is 5.97 Å². The molecule has 2 heterocycles. The summed E-state index contributed by atoms with van der Waals surface area (Å²) >= 11 is 1.48. The Morgan fingerprint density at radius 2 is 1.76 bits per heavy atom. The quantitative estimate of drug-likeness (QED) is 0.480. The number of aromatic nitrogens is 3. The molecule has 0 atom stereocenters. The number of rotatable bonds is 4. The van der Waals surface area contributed by atoms with Crippen molar-refractivity contribution in [3.8, 4) is 11.3 Å². The highest BCUT2D eigenvalue weighted by Crippen LogP contribution is 2.29. The maximum absolute atomic E-state index is 13.0. The van der Waals surface area contributed by atoms with Gasteiger partial charge in [0.1, 0.15) is 5.69 Å². The Balaban J connectivity index is 1.80. The number of thiazole rings is 1. The Labute approximate surface area is 171 Å². The number of hydrogen-bond acceptors (Lipinski definition) is 6. The van der Waals surface area contributed by atoms with Crippen LogP contribution in [0.5, 0.6) is 0 Å². The largest absolute Gasteiger partial charge is 0.465 e. The lowest BCUT2D eigenvalue weighted by molar-refractivity contribution is 0.0600. The molecule has 146 valence electrons. The lowest BCUT2D eigenvalue weighted by Crippen LogP contribution is -2.24. The highest BCUT2D eigenvalue weighted by molar-refractivity contribution is 7.19. The smallest absolute Gasteiger partial charge is 0.337 e. The Kier molecular flexibility index (Phi) is 4.98. The van der Waals surface area contributed by atoms with Gasteiger partial charge in [0.05, 0.1) is 28.9 Å². The number of fused-ring (bicyclic) bond motifs is 1. The molecule has 4 rings (SSSR count). The standard InChI is InChI=1S/C22H19N3O3S/c1-13-4-8-16(9-5-13)18-20-19(23-14(2)29-20)21(26)25(24-18)12-15-6-10-17(11-7-15)22(27)28-3/h4-11H,12H2,1-3H3. The maximum Gasteiger partial charge on any atom is 0.337 e. The monoisotopic (exact) mass is 405 g/mol. The first kappa shape index (κ1) is 19.0. The van der Waals surface area contributed by atoms with Crippen LogP contribution < -0.4 is 5.56 Å². The molecule has 0 saturated heterocycles. The molecular weight excluding hydrogens is 386 g/mol. The van der Waals surface area contributed by atoms with Gasteiger partial charge in [-0.2, -0.15) is 5.10 Å². The predicted molar refractivity (Wildman–Crippen MR) is 113 cm³/mol. The van der Waals surface area contributed by atoms with Crippen molar-refractivity contribution in [1.82, 2.24) is 14.8 Å². The summed E-state index contributed by atoms with van der Waals surface area (Å²) in [6.07, 6.45) is 0. The third-order valence-corrected chi connectivity index (χ3v) is 5.62. The minimum absolute atomic E-state index is 0.225. The summed E-state index contributed by atoms with van der Waals surface area (Å²) in [5, 5.41) is 5.49. The first-order chi connectivity index (χ1) is 14.0. The summed E-state index contributed by atoms with van der Waals surface area (Å²) in [6, 6.07) is 15.0. The number of methoxy groups -OCH3 is 1. The van der Waals surface area contributed by atoms with Gasteiger partial charge in [-0.05, 0) is 31.5 Å². The fourth-order valence-corrected chi connectivity index (χ4v) is 4.03. The number of carbonyl (C=O) groups excluding carboxylic acids is 1. The summed E-state index contributed by atoms with van der Waals surface area (Å²) in [5.41, 5.74) is 4.37. The van der Waals surface area contributed by atoms with E-state index >= 15 is 0 Å². The summed E-state index contributed by atoms with van der Waals surface area (Å²) in [6.45, 7) is 4.20. The third-order valence-electron chi connectivity index (χ3n) is 4.64. The van der Waals surface area contributed by atoms with Crippen LogP contribution in [0, 0.1) is 13.8 Å². The third kappa shape index (κ3) is 3.69. The van der Waals surface area contributed by atoms with E-state index in [-0.39, 0.29) is 12.1 Å². The highest BCUT2D eigenvalue weighted by Gasteiger charge is 2.17. The molecule has 0 aliphatic heterocycles. The van der Waals surface area contributed by atoms with Gasteiger partial charge >= 0.3 is 5.97 Å². The van der Waals surface area contributed by atoms with E-state index in [2.05, 4.69) is 10.1 Å². The van der Waals surface area contributed by atoms with Crippen LogP contribution in [0.25, 0.3) is 21.5 Å². The van der Waals surface area contributed by atoms with Gasteiger partial charge in [0.25, 0.3) is 5.56 Å². The molecule has 0 bridgehead atoms. The number of aryl methyl sites for hydroxylation is 2. The molecule has 0 aliphatic rings. The second-order valence-electron chi connectivity index (χ2n) is 6.78. The molecule has 6 nitrogen and oxygen atoms in total. The highest BCUT2D eigenvalue weighted by atomic mass is 32.1. The van der Waals surface area contributed by atoms with Gasteiger partial charge in [-0.1, -0.05) is 42.0 Å². The zero-order chi connectivity index (χ0) is 20.5. The number of esters is 1. The topological polar surface area (TPSA) is 74.1 Å². The SMILES string of the molecule is COC(=O)c1ccc(Cn2nc(-c3ccc(C)cc3)c3sc(C)nc3c2=O)cc1. The number of carbonyl (C=O) groups is 1. The molecule has 0 unspecified atom stereocenters. The molecule has 2 aromatic carbocycles. The van der Waals surface area contributed by atoms with Crippen LogP contribution in [-0.2, 0) is 11.3 Å². The van der Waals surface area contributed by atoms with Crippen molar-refractivity contribution >= 4 is 27.5 Å². The van der Waals surface area contributed by atoms with Gasteiger partial charge in [-0.15, -0.1) is 11.3 Å². The van der Waals surface area contributed by atoms with Gasteiger partial charge in [0.15, 0.2) is 5.52 Å². The Morgan fingerprint density at radius 1 is 1.07 bits per heavy atom. The molecular formula is C22H19N3O3S. The fraction of sp³-hybridized carbons (Fsp3) is 0.182.